The Morgan fingerprint density at radius 1 is 1.18 bits per heavy atom. The van der Waals surface area contributed by atoms with E-state index in [1.165, 1.54) is 0 Å². The van der Waals surface area contributed by atoms with Gasteiger partial charge in [0, 0.05) is 17.6 Å². The number of anilines is 1. The maximum atomic E-state index is 5.15. The summed E-state index contributed by atoms with van der Waals surface area (Å²) < 4.78 is 6.89. The summed E-state index contributed by atoms with van der Waals surface area (Å²) in [6.45, 7) is 2.57. The van der Waals surface area contributed by atoms with Crippen LogP contribution in [0.25, 0.3) is 5.69 Å². The van der Waals surface area contributed by atoms with Gasteiger partial charge in [0.1, 0.15) is 11.4 Å². The van der Waals surface area contributed by atoms with Crippen molar-refractivity contribution in [2.24, 2.45) is 0 Å². The molecule has 0 aliphatic rings. The second kappa shape index (κ2) is 6.26. The Kier molecular flexibility index (Phi) is 4.00. The van der Waals surface area contributed by atoms with E-state index in [0.29, 0.717) is 6.54 Å². The quantitative estimate of drug-likeness (QED) is 0.783. The van der Waals surface area contributed by atoms with Crippen molar-refractivity contribution in [2.45, 2.75) is 13.5 Å². The van der Waals surface area contributed by atoms with E-state index in [-0.39, 0.29) is 0 Å². The lowest BCUT2D eigenvalue weighted by Crippen LogP contribution is -2.00. The zero-order valence-electron chi connectivity index (χ0n) is 12.5. The smallest absolute Gasteiger partial charge is 0.119 e. The van der Waals surface area contributed by atoms with Gasteiger partial charge in [0.05, 0.1) is 25.5 Å². The Bertz CT molecular complexity index is 751. The predicted octanol–water partition coefficient (Wildman–Crippen LogP) is 2.59. The molecular formula is C16H17N5O. The van der Waals surface area contributed by atoms with Crippen LogP contribution in [0, 0.1) is 6.92 Å². The Morgan fingerprint density at radius 2 is 2.00 bits per heavy atom. The third kappa shape index (κ3) is 3.22. The van der Waals surface area contributed by atoms with E-state index in [0.717, 1.165) is 28.5 Å². The maximum absolute atomic E-state index is 5.15. The molecule has 0 aliphatic heterocycles. The molecule has 1 aromatic carbocycles. The lowest BCUT2D eigenvalue weighted by Gasteiger charge is -2.04. The van der Waals surface area contributed by atoms with Crippen molar-refractivity contribution in [3.05, 3.63) is 60.2 Å². The zero-order valence-corrected chi connectivity index (χ0v) is 12.5. The first kappa shape index (κ1) is 14.1. The normalized spacial score (nSPS) is 10.5. The summed E-state index contributed by atoms with van der Waals surface area (Å²) in [6.07, 6.45) is 3.69. The second-order valence-corrected chi connectivity index (χ2v) is 4.89. The molecule has 0 radical (unpaired) electrons. The predicted molar refractivity (Wildman–Crippen MR) is 84.2 cm³/mol. The molecule has 2 heterocycles. The second-order valence-electron chi connectivity index (χ2n) is 4.89. The number of benzene rings is 1. The number of rotatable bonds is 5. The fraction of sp³-hybridized carbons (Fsp3) is 0.188. The van der Waals surface area contributed by atoms with Crippen LogP contribution in [0.2, 0.25) is 0 Å². The number of hydrogen-bond acceptors (Lipinski definition) is 5. The van der Waals surface area contributed by atoms with Crippen LogP contribution in [0.4, 0.5) is 5.69 Å². The van der Waals surface area contributed by atoms with Crippen molar-refractivity contribution >= 4 is 5.69 Å². The molecule has 6 heteroatoms. The molecule has 0 saturated carbocycles. The van der Waals surface area contributed by atoms with Gasteiger partial charge in [-0.2, -0.15) is 0 Å². The number of hydrogen-bond donors (Lipinski definition) is 1. The minimum Gasteiger partial charge on any atom is -0.497 e. The van der Waals surface area contributed by atoms with Gasteiger partial charge in [-0.15, -0.1) is 5.10 Å². The summed E-state index contributed by atoms with van der Waals surface area (Å²) in [5, 5.41) is 11.6. The van der Waals surface area contributed by atoms with Gasteiger partial charge >= 0.3 is 0 Å². The van der Waals surface area contributed by atoms with Crippen molar-refractivity contribution in [3.8, 4) is 11.4 Å². The van der Waals surface area contributed by atoms with Gasteiger partial charge in [-0.25, -0.2) is 4.68 Å². The number of pyridine rings is 1. The summed E-state index contributed by atoms with van der Waals surface area (Å²) in [7, 11) is 1.65. The summed E-state index contributed by atoms with van der Waals surface area (Å²) in [4.78, 5) is 4.17. The Balaban J connectivity index is 1.68. The van der Waals surface area contributed by atoms with Crippen molar-refractivity contribution in [1.29, 1.82) is 0 Å². The average Bonchev–Trinajstić information content (AvgIpc) is 3.02. The fourth-order valence-electron chi connectivity index (χ4n) is 2.09. The molecule has 1 N–H and O–H groups in total. The molecule has 0 aliphatic carbocycles. The van der Waals surface area contributed by atoms with E-state index >= 15 is 0 Å². The molecule has 3 aromatic rings. The molecule has 2 aromatic heterocycles. The molecule has 0 bridgehead atoms. The Labute approximate surface area is 128 Å². The maximum Gasteiger partial charge on any atom is 0.119 e. The van der Waals surface area contributed by atoms with E-state index in [1.54, 1.807) is 18.0 Å². The first-order valence-corrected chi connectivity index (χ1v) is 6.97. The summed E-state index contributed by atoms with van der Waals surface area (Å²) in [6, 6.07) is 11.6. The Hall–Kier alpha value is -2.89. The molecule has 22 heavy (non-hydrogen) atoms. The van der Waals surface area contributed by atoms with Gasteiger partial charge in [-0.05, 0) is 43.3 Å². The highest BCUT2D eigenvalue weighted by atomic mass is 16.5. The molecule has 6 nitrogen and oxygen atoms in total. The zero-order chi connectivity index (χ0) is 15.4. The average molecular weight is 295 g/mol. The van der Waals surface area contributed by atoms with E-state index < -0.39 is 0 Å². The van der Waals surface area contributed by atoms with Gasteiger partial charge in [-0.1, -0.05) is 5.21 Å². The van der Waals surface area contributed by atoms with Crippen LogP contribution in [0.15, 0.2) is 48.8 Å². The third-order valence-corrected chi connectivity index (χ3v) is 3.25. The molecule has 0 fully saturated rings. The van der Waals surface area contributed by atoms with Gasteiger partial charge in [0.25, 0.3) is 0 Å². The largest absolute Gasteiger partial charge is 0.497 e. The Morgan fingerprint density at radius 3 is 2.73 bits per heavy atom. The lowest BCUT2D eigenvalue weighted by atomic mass is 10.3. The molecule has 112 valence electrons. The van der Waals surface area contributed by atoms with E-state index in [1.807, 2.05) is 49.5 Å². The molecule has 0 spiro atoms. The number of ether oxygens (including phenoxy) is 1. The van der Waals surface area contributed by atoms with Crippen molar-refractivity contribution in [2.75, 3.05) is 12.4 Å². The van der Waals surface area contributed by atoms with E-state index in [9.17, 15) is 0 Å². The third-order valence-electron chi connectivity index (χ3n) is 3.25. The molecule has 3 rings (SSSR count). The molecule has 0 atom stereocenters. The van der Waals surface area contributed by atoms with Crippen LogP contribution >= 0.6 is 0 Å². The number of aryl methyl sites for hydroxylation is 1. The van der Waals surface area contributed by atoms with E-state index in [2.05, 4.69) is 20.6 Å². The number of methoxy groups -OCH3 is 1. The molecular weight excluding hydrogens is 278 g/mol. The van der Waals surface area contributed by atoms with Crippen LogP contribution < -0.4 is 10.1 Å². The highest BCUT2D eigenvalue weighted by Gasteiger charge is 2.03. The lowest BCUT2D eigenvalue weighted by molar-refractivity contribution is 0.414. The topological polar surface area (TPSA) is 64.9 Å². The minimum atomic E-state index is 0.611. The van der Waals surface area contributed by atoms with Crippen molar-refractivity contribution < 1.29 is 4.74 Å². The highest BCUT2D eigenvalue weighted by Crippen LogP contribution is 2.14. The van der Waals surface area contributed by atoms with E-state index in [4.69, 9.17) is 4.74 Å². The molecule has 0 saturated heterocycles. The first-order valence-electron chi connectivity index (χ1n) is 6.97. The summed E-state index contributed by atoms with van der Waals surface area (Å²) in [5.74, 6) is 0.818. The van der Waals surface area contributed by atoms with Crippen LogP contribution in [0.5, 0.6) is 5.75 Å². The van der Waals surface area contributed by atoms with Gasteiger partial charge in [0.2, 0.25) is 0 Å². The summed E-state index contributed by atoms with van der Waals surface area (Å²) in [5.41, 5.74) is 3.81. The van der Waals surface area contributed by atoms with Crippen LogP contribution in [0.1, 0.15) is 11.4 Å². The highest BCUT2D eigenvalue weighted by molar-refractivity contribution is 5.43. The first-order chi connectivity index (χ1) is 10.7. The van der Waals surface area contributed by atoms with Crippen molar-refractivity contribution in [3.63, 3.8) is 0 Å². The fourth-order valence-corrected chi connectivity index (χ4v) is 2.09. The van der Waals surface area contributed by atoms with Gasteiger partial charge in [0.15, 0.2) is 0 Å². The number of nitrogens with zero attached hydrogens (tertiary/aromatic N) is 4. The SMILES string of the molecule is COc1ccc(-n2cc(CNc3ccnc(C)c3)nn2)cc1. The number of aromatic nitrogens is 4. The van der Waals surface area contributed by atoms with Gasteiger partial charge < -0.3 is 10.1 Å². The molecule has 0 amide bonds. The van der Waals surface area contributed by atoms with Crippen LogP contribution in [0.3, 0.4) is 0 Å². The monoisotopic (exact) mass is 295 g/mol. The van der Waals surface area contributed by atoms with Gasteiger partial charge in [-0.3, -0.25) is 4.98 Å². The van der Waals surface area contributed by atoms with Crippen LogP contribution in [-0.2, 0) is 6.54 Å². The minimum absolute atomic E-state index is 0.611. The standard InChI is InChI=1S/C16H17N5O/c1-12-9-13(7-8-17-12)18-10-14-11-21(20-19-14)15-3-5-16(22-2)6-4-15/h3-9,11H,10H2,1-2H3,(H,17,18). The van der Waals surface area contributed by atoms with Crippen LogP contribution in [-0.4, -0.2) is 27.1 Å². The van der Waals surface area contributed by atoms with Crippen molar-refractivity contribution in [1.82, 2.24) is 20.0 Å². The molecule has 0 unspecified atom stereocenters. The number of nitrogens with one attached hydrogen (secondary N) is 1. The summed E-state index contributed by atoms with van der Waals surface area (Å²) >= 11 is 0.